The van der Waals surface area contributed by atoms with Gasteiger partial charge in [-0.2, -0.15) is 0 Å². The minimum absolute atomic E-state index is 0.0350. The second kappa shape index (κ2) is 6.38. The number of aromatic nitrogens is 2. The molecule has 0 unspecified atom stereocenters. The molecule has 3 aromatic rings. The fourth-order valence-electron chi connectivity index (χ4n) is 2.29. The van der Waals surface area contributed by atoms with Crippen LogP contribution in [0.2, 0.25) is 0 Å². The van der Waals surface area contributed by atoms with Gasteiger partial charge in [-0.3, -0.25) is 9.89 Å². The quantitative estimate of drug-likeness (QED) is 0.790. The van der Waals surface area contributed by atoms with E-state index in [1.165, 1.54) is 11.8 Å². The van der Waals surface area contributed by atoms with Gasteiger partial charge >= 0.3 is 0 Å². The highest BCUT2D eigenvalue weighted by Gasteiger charge is 2.13. The van der Waals surface area contributed by atoms with Crippen LogP contribution in [0.5, 0.6) is 5.75 Å². The molecule has 5 heteroatoms. The van der Waals surface area contributed by atoms with Crippen molar-refractivity contribution in [2.75, 3.05) is 7.11 Å². The maximum atomic E-state index is 12.7. The second-order valence-electron chi connectivity index (χ2n) is 5.32. The maximum absolute atomic E-state index is 12.7. The van der Waals surface area contributed by atoms with Crippen LogP contribution in [0, 0.1) is 13.8 Å². The molecule has 23 heavy (non-hydrogen) atoms. The van der Waals surface area contributed by atoms with E-state index in [9.17, 15) is 4.79 Å². The van der Waals surface area contributed by atoms with Gasteiger partial charge in [0, 0.05) is 10.6 Å². The molecule has 118 valence electrons. The van der Waals surface area contributed by atoms with Crippen LogP contribution in [0.4, 0.5) is 0 Å². The molecule has 2 aromatic carbocycles. The van der Waals surface area contributed by atoms with Crippen LogP contribution in [-0.4, -0.2) is 16.9 Å². The summed E-state index contributed by atoms with van der Waals surface area (Å²) in [5.41, 5.74) is 2.83. The van der Waals surface area contributed by atoms with Crippen molar-refractivity contribution in [1.82, 2.24) is 9.78 Å². The highest BCUT2D eigenvalue weighted by molar-refractivity contribution is 7.99. The number of aromatic amines is 1. The molecule has 0 saturated heterocycles. The molecule has 0 aliphatic heterocycles. The molecule has 0 aliphatic carbocycles. The van der Waals surface area contributed by atoms with E-state index in [-0.39, 0.29) is 5.56 Å². The standard InChI is InChI=1S/C18H18N2O2S/c1-12-4-6-14(7-5-12)20-18(21)17(13(2)19-20)23-16-10-8-15(22-3)9-11-16/h4-11,19H,1-3H3. The second-order valence-corrected chi connectivity index (χ2v) is 6.40. The minimum atomic E-state index is -0.0350. The van der Waals surface area contributed by atoms with Crippen LogP contribution in [0.3, 0.4) is 0 Å². The first-order chi connectivity index (χ1) is 11.1. The Bertz CT molecular complexity index is 862. The van der Waals surface area contributed by atoms with Gasteiger partial charge in [0.15, 0.2) is 0 Å². The summed E-state index contributed by atoms with van der Waals surface area (Å²) in [6.07, 6.45) is 0. The summed E-state index contributed by atoms with van der Waals surface area (Å²) >= 11 is 1.46. The van der Waals surface area contributed by atoms with Crippen molar-refractivity contribution < 1.29 is 4.74 Å². The number of rotatable bonds is 4. The van der Waals surface area contributed by atoms with Gasteiger partial charge in [0.25, 0.3) is 5.56 Å². The number of ether oxygens (including phenoxy) is 1. The van der Waals surface area contributed by atoms with E-state index in [1.807, 2.05) is 62.4 Å². The molecule has 1 aromatic heterocycles. The molecule has 0 aliphatic rings. The van der Waals surface area contributed by atoms with Crippen LogP contribution in [0.15, 0.2) is 63.1 Å². The van der Waals surface area contributed by atoms with Crippen molar-refractivity contribution in [3.8, 4) is 11.4 Å². The lowest BCUT2D eigenvalue weighted by atomic mass is 10.2. The predicted molar refractivity (Wildman–Crippen MR) is 93.0 cm³/mol. The van der Waals surface area contributed by atoms with Gasteiger partial charge < -0.3 is 4.74 Å². The van der Waals surface area contributed by atoms with Crippen molar-refractivity contribution in [1.29, 1.82) is 0 Å². The van der Waals surface area contributed by atoms with Crippen LogP contribution >= 0.6 is 11.8 Å². The zero-order valence-electron chi connectivity index (χ0n) is 13.3. The molecule has 0 atom stereocenters. The third-order valence-electron chi connectivity index (χ3n) is 3.59. The Balaban J connectivity index is 1.94. The van der Waals surface area contributed by atoms with E-state index in [1.54, 1.807) is 11.8 Å². The molecule has 0 radical (unpaired) electrons. The van der Waals surface area contributed by atoms with Crippen molar-refractivity contribution in [3.63, 3.8) is 0 Å². The fraction of sp³-hybridized carbons (Fsp3) is 0.167. The lowest BCUT2D eigenvalue weighted by Gasteiger charge is -2.02. The summed E-state index contributed by atoms with van der Waals surface area (Å²) in [6, 6.07) is 15.5. The van der Waals surface area contributed by atoms with E-state index < -0.39 is 0 Å². The maximum Gasteiger partial charge on any atom is 0.285 e. The Morgan fingerprint density at radius 2 is 1.65 bits per heavy atom. The summed E-state index contributed by atoms with van der Waals surface area (Å²) < 4.78 is 6.74. The summed E-state index contributed by atoms with van der Waals surface area (Å²) in [4.78, 5) is 14.4. The van der Waals surface area contributed by atoms with E-state index >= 15 is 0 Å². The average Bonchev–Trinajstić information content (AvgIpc) is 2.84. The van der Waals surface area contributed by atoms with Crippen LogP contribution < -0.4 is 10.3 Å². The zero-order valence-corrected chi connectivity index (χ0v) is 14.1. The molecular weight excluding hydrogens is 308 g/mol. The summed E-state index contributed by atoms with van der Waals surface area (Å²) in [6.45, 7) is 3.94. The third kappa shape index (κ3) is 3.19. The number of H-pyrrole nitrogens is 1. The summed E-state index contributed by atoms with van der Waals surface area (Å²) in [5.74, 6) is 0.803. The number of benzene rings is 2. The first kappa shape index (κ1) is 15.5. The number of nitrogens with one attached hydrogen (secondary N) is 1. The van der Waals surface area contributed by atoms with E-state index in [0.717, 1.165) is 27.6 Å². The van der Waals surface area contributed by atoms with Gasteiger partial charge in [-0.05, 0) is 50.2 Å². The smallest absolute Gasteiger partial charge is 0.285 e. The van der Waals surface area contributed by atoms with Crippen molar-refractivity contribution in [2.45, 2.75) is 23.6 Å². The lowest BCUT2D eigenvalue weighted by molar-refractivity contribution is 0.414. The fourth-order valence-corrected chi connectivity index (χ4v) is 3.17. The van der Waals surface area contributed by atoms with Crippen LogP contribution in [0.1, 0.15) is 11.3 Å². The van der Waals surface area contributed by atoms with E-state index in [0.29, 0.717) is 4.90 Å². The molecule has 0 bridgehead atoms. The number of hydrogen-bond acceptors (Lipinski definition) is 3. The van der Waals surface area contributed by atoms with Crippen molar-refractivity contribution >= 4 is 11.8 Å². The third-order valence-corrected chi connectivity index (χ3v) is 4.78. The number of methoxy groups -OCH3 is 1. The Morgan fingerprint density at radius 3 is 2.26 bits per heavy atom. The minimum Gasteiger partial charge on any atom is -0.497 e. The Kier molecular flexibility index (Phi) is 4.30. The van der Waals surface area contributed by atoms with Crippen molar-refractivity contribution in [3.05, 3.63) is 70.1 Å². The number of aryl methyl sites for hydroxylation is 2. The van der Waals surface area contributed by atoms with E-state index in [2.05, 4.69) is 5.10 Å². The summed E-state index contributed by atoms with van der Waals surface area (Å²) in [5, 5.41) is 3.15. The van der Waals surface area contributed by atoms with Gasteiger partial charge in [0.1, 0.15) is 5.75 Å². The average molecular weight is 326 g/mol. The molecule has 0 fully saturated rings. The molecule has 4 nitrogen and oxygen atoms in total. The van der Waals surface area contributed by atoms with Gasteiger partial charge in [-0.25, -0.2) is 4.68 Å². The molecule has 0 amide bonds. The van der Waals surface area contributed by atoms with Crippen LogP contribution in [-0.2, 0) is 0 Å². The van der Waals surface area contributed by atoms with Gasteiger partial charge in [0.05, 0.1) is 17.7 Å². The Labute approximate surface area is 139 Å². The molecular formula is C18H18N2O2S. The van der Waals surface area contributed by atoms with Gasteiger partial charge in [-0.1, -0.05) is 29.5 Å². The molecule has 0 saturated carbocycles. The molecule has 1 N–H and O–H groups in total. The Morgan fingerprint density at radius 1 is 1.00 bits per heavy atom. The highest BCUT2D eigenvalue weighted by atomic mass is 32.2. The first-order valence-electron chi connectivity index (χ1n) is 7.29. The molecule has 3 rings (SSSR count). The highest BCUT2D eigenvalue weighted by Crippen LogP contribution is 2.28. The van der Waals surface area contributed by atoms with Gasteiger partial charge in [-0.15, -0.1) is 0 Å². The predicted octanol–water partition coefficient (Wildman–Crippen LogP) is 3.94. The Hall–Kier alpha value is -2.40. The van der Waals surface area contributed by atoms with Gasteiger partial charge in [0.2, 0.25) is 0 Å². The SMILES string of the molecule is COc1ccc(Sc2c(C)[nH]n(-c3ccc(C)cc3)c2=O)cc1. The number of hydrogen-bond donors (Lipinski definition) is 1. The molecule has 0 spiro atoms. The number of nitrogens with zero attached hydrogens (tertiary/aromatic N) is 1. The van der Waals surface area contributed by atoms with Crippen molar-refractivity contribution in [2.24, 2.45) is 0 Å². The largest absolute Gasteiger partial charge is 0.497 e. The lowest BCUT2D eigenvalue weighted by Crippen LogP contribution is -2.15. The van der Waals surface area contributed by atoms with E-state index in [4.69, 9.17) is 4.74 Å². The van der Waals surface area contributed by atoms with Crippen LogP contribution in [0.25, 0.3) is 5.69 Å². The topological polar surface area (TPSA) is 47.0 Å². The zero-order chi connectivity index (χ0) is 16.4. The monoisotopic (exact) mass is 326 g/mol. The summed E-state index contributed by atoms with van der Waals surface area (Å²) in [7, 11) is 1.64. The normalized spacial score (nSPS) is 10.7. The first-order valence-corrected chi connectivity index (χ1v) is 8.10. The molecule has 1 heterocycles.